The van der Waals surface area contributed by atoms with Crippen molar-refractivity contribution < 1.29 is 0 Å². The number of nitrogens with zero attached hydrogens (tertiary/aromatic N) is 1. The fourth-order valence-corrected chi connectivity index (χ4v) is 2.56. The summed E-state index contributed by atoms with van der Waals surface area (Å²) in [6.45, 7) is 4.21. The number of aromatic amines is 1. The molecule has 90 valence electrons. The molecule has 1 heterocycles. The van der Waals surface area contributed by atoms with Crippen LogP contribution in [0.4, 0.5) is 0 Å². The van der Waals surface area contributed by atoms with Gasteiger partial charge in [0, 0.05) is 0 Å². The first-order valence-corrected chi connectivity index (χ1v) is 6.35. The lowest BCUT2D eigenvalue weighted by Crippen LogP contribution is -1.97. The van der Waals surface area contributed by atoms with Crippen LogP contribution in [-0.4, -0.2) is 9.55 Å². The number of hydrogen-bond acceptors (Lipinski definition) is 1. The van der Waals surface area contributed by atoms with Gasteiger partial charge in [-0.3, -0.25) is 4.57 Å². The highest BCUT2D eigenvalue weighted by molar-refractivity contribution is 7.71. The lowest BCUT2D eigenvalue weighted by Gasteiger charge is -2.09. The summed E-state index contributed by atoms with van der Waals surface area (Å²) in [5.74, 6) is 0. The third kappa shape index (κ3) is 1.68. The summed E-state index contributed by atoms with van der Waals surface area (Å²) in [5, 5.41) is 0. The van der Waals surface area contributed by atoms with Crippen LogP contribution in [-0.2, 0) is 0 Å². The molecule has 0 bridgehead atoms. The van der Waals surface area contributed by atoms with E-state index in [4.69, 9.17) is 12.2 Å². The molecule has 0 aliphatic carbocycles. The topological polar surface area (TPSA) is 20.7 Å². The molecule has 3 rings (SSSR count). The molecule has 0 unspecified atom stereocenters. The van der Waals surface area contributed by atoms with E-state index in [1.807, 2.05) is 18.2 Å². The van der Waals surface area contributed by atoms with E-state index in [0.29, 0.717) is 0 Å². The van der Waals surface area contributed by atoms with Gasteiger partial charge in [0.1, 0.15) is 0 Å². The number of nitrogens with one attached hydrogen (secondary N) is 1. The van der Waals surface area contributed by atoms with E-state index < -0.39 is 0 Å². The van der Waals surface area contributed by atoms with E-state index in [1.54, 1.807) is 0 Å². The molecule has 2 aromatic carbocycles. The van der Waals surface area contributed by atoms with Crippen LogP contribution in [0.15, 0.2) is 42.5 Å². The Morgan fingerprint density at radius 2 is 1.83 bits per heavy atom. The number of fused-ring (bicyclic) bond motifs is 1. The van der Waals surface area contributed by atoms with Gasteiger partial charge < -0.3 is 4.98 Å². The molecule has 0 aliphatic heterocycles. The summed E-state index contributed by atoms with van der Waals surface area (Å²) in [5.41, 5.74) is 5.81. The Balaban J connectivity index is 2.41. The van der Waals surface area contributed by atoms with Crippen LogP contribution >= 0.6 is 12.2 Å². The number of aryl methyl sites for hydroxylation is 2. The molecule has 1 N–H and O–H groups in total. The molecule has 0 saturated carbocycles. The minimum Gasteiger partial charge on any atom is -0.330 e. The van der Waals surface area contributed by atoms with Crippen molar-refractivity contribution in [2.24, 2.45) is 0 Å². The predicted molar refractivity (Wildman–Crippen MR) is 77.9 cm³/mol. The summed E-state index contributed by atoms with van der Waals surface area (Å²) in [4.78, 5) is 3.25. The maximum Gasteiger partial charge on any atom is 0.182 e. The van der Waals surface area contributed by atoms with Gasteiger partial charge in [0.05, 0.1) is 16.7 Å². The van der Waals surface area contributed by atoms with Crippen molar-refractivity contribution in [1.29, 1.82) is 0 Å². The lowest BCUT2D eigenvalue weighted by molar-refractivity contribution is 1.04. The first-order valence-electron chi connectivity index (χ1n) is 5.94. The first kappa shape index (κ1) is 11.2. The SMILES string of the molecule is Cc1ccc(C)c(-n2c(=S)[nH]c3ccccc32)c1. The Hall–Kier alpha value is -1.87. The maximum absolute atomic E-state index is 5.45. The summed E-state index contributed by atoms with van der Waals surface area (Å²) >= 11 is 5.45. The molecule has 0 fully saturated rings. The van der Waals surface area contributed by atoms with Gasteiger partial charge >= 0.3 is 0 Å². The van der Waals surface area contributed by atoms with Crippen molar-refractivity contribution in [3.8, 4) is 5.69 Å². The molecule has 2 nitrogen and oxygen atoms in total. The van der Waals surface area contributed by atoms with Crippen LogP contribution in [0.3, 0.4) is 0 Å². The average molecular weight is 254 g/mol. The second-order valence-electron chi connectivity index (χ2n) is 4.57. The minimum absolute atomic E-state index is 0.741. The number of imidazole rings is 1. The van der Waals surface area contributed by atoms with Crippen LogP contribution in [0, 0.1) is 18.6 Å². The monoisotopic (exact) mass is 254 g/mol. The van der Waals surface area contributed by atoms with E-state index in [0.717, 1.165) is 21.5 Å². The number of benzene rings is 2. The summed E-state index contributed by atoms with van der Waals surface area (Å²) in [6, 6.07) is 14.6. The van der Waals surface area contributed by atoms with Gasteiger partial charge in [-0.2, -0.15) is 0 Å². The van der Waals surface area contributed by atoms with Gasteiger partial charge in [0.2, 0.25) is 0 Å². The molecule has 18 heavy (non-hydrogen) atoms. The Morgan fingerprint density at radius 1 is 1.06 bits per heavy atom. The van der Waals surface area contributed by atoms with Crippen molar-refractivity contribution >= 4 is 23.3 Å². The Labute approximate surface area is 111 Å². The fraction of sp³-hybridized carbons (Fsp3) is 0.133. The maximum atomic E-state index is 5.45. The summed E-state index contributed by atoms with van der Waals surface area (Å²) in [7, 11) is 0. The first-order chi connectivity index (χ1) is 8.66. The zero-order valence-electron chi connectivity index (χ0n) is 10.4. The molecule has 3 aromatic rings. The molecule has 0 radical (unpaired) electrons. The standard InChI is InChI=1S/C15H14N2S/c1-10-7-8-11(2)14(9-10)17-13-6-4-3-5-12(13)16-15(17)18/h3-9H,1-2H3,(H,16,18). The predicted octanol–water partition coefficient (Wildman–Crippen LogP) is 4.30. The molecule has 0 spiro atoms. The summed E-state index contributed by atoms with van der Waals surface area (Å²) in [6.07, 6.45) is 0. The number of rotatable bonds is 1. The number of aromatic nitrogens is 2. The van der Waals surface area contributed by atoms with Crippen LogP contribution in [0.2, 0.25) is 0 Å². The molecule has 0 atom stereocenters. The van der Waals surface area contributed by atoms with Crippen LogP contribution in [0.25, 0.3) is 16.7 Å². The van der Waals surface area contributed by atoms with Gasteiger partial charge in [-0.1, -0.05) is 24.3 Å². The molecule has 0 amide bonds. The van der Waals surface area contributed by atoms with Gasteiger partial charge in [-0.25, -0.2) is 0 Å². The van der Waals surface area contributed by atoms with E-state index in [9.17, 15) is 0 Å². The smallest absolute Gasteiger partial charge is 0.182 e. The third-order valence-electron chi connectivity index (χ3n) is 3.20. The lowest BCUT2D eigenvalue weighted by atomic mass is 10.1. The number of para-hydroxylation sites is 2. The average Bonchev–Trinajstić information content (AvgIpc) is 2.68. The highest BCUT2D eigenvalue weighted by Crippen LogP contribution is 2.22. The second kappa shape index (κ2) is 4.10. The van der Waals surface area contributed by atoms with E-state index in [-0.39, 0.29) is 0 Å². The molecular formula is C15H14N2S. The van der Waals surface area contributed by atoms with Gasteiger partial charge in [-0.05, 0) is 55.4 Å². The number of H-pyrrole nitrogens is 1. The van der Waals surface area contributed by atoms with E-state index in [2.05, 4.69) is 47.7 Å². The third-order valence-corrected chi connectivity index (χ3v) is 3.48. The van der Waals surface area contributed by atoms with Crippen molar-refractivity contribution in [3.05, 3.63) is 58.4 Å². The largest absolute Gasteiger partial charge is 0.330 e. The Bertz CT molecular complexity index is 781. The highest BCUT2D eigenvalue weighted by Gasteiger charge is 2.08. The van der Waals surface area contributed by atoms with E-state index in [1.165, 1.54) is 11.1 Å². The van der Waals surface area contributed by atoms with Crippen molar-refractivity contribution in [3.63, 3.8) is 0 Å². The fourth-order valence-electron chi connectivity index (χ4n) is 2.25. The van der Waals surface area contributed by atoms with Crippen molar-refractivity contribution in [2.75, 3.05) is 0 Å². The molecule has 3 heteroatoms. The van der Waals surface area contributed by atoms with Gasteiger partial charge in [-0.15, -0.1) is 0 Å². The quantitative estimate of drug-likeness (QED) is 0.642. The Morgan fingerprint density at radius 3 is 2.67 bits per heavy atom. The zero-order chi connectivity index (χ0) is 12.7. The number of hydrogen-bond donors (Lipinski definition) is 1. The highest BCUT2D eigenvalue weighted by atomic mass is 32.1. The zero-order valence-corrected chi connectivity index (χ0v) is 11.2. The van der Waals surface area contributed by atoms with Crippen molar-refractivity contribution in [1.82, 2.24) is 9.55 Å². The van der Waals surface area contributed by atoms with Gasteiger partial charge in [0.25, 0.3) is 0 Å². The second-order valence-corrected chi connectivity index (χ2v) is 4.96. The van der Waals surface area contributed by atoms with E-state index >= 15 is 0 Å². The van der Waals surface area contributed by atoms with Crippen LogP contribution in [0.5, 0.6) is 0 Å². The van der Waals surface area contributed by atoms with Crippen LogP contribution < -0.4 is 0 Å². The minimum atomic E-state index is 0.741. The molecular weight excluding hydrogens is 240 g/mol. The van der Waals surface area contributed by atoms with Gasteiger partial charge in [0.15, 0.2) is 4.77 Å². The van der Waals surface area contributed by atoms with Crippen LogP contribution in [0.1, 0.15) is 11.1 Å². The Kier molecular flexibility index (Phi) is 2.56. The molecule has 0 saturated heterocycles. The molecule has 0 aliphatic rings. The summed E-state index contributed by atoms with van der Waals surface area (Å²) < 4.78 is 2.84. The normalized spacial score (nSPS) is 11.0. The molecule has 1 aromatic heterocycles. The van der Waals surface area contributed by atoms with Crippen molar-refractivity contribution in [2.45, 2.75) is 13.8 Å².